The molecule has 0 aliphatic rings. The van der Waals surface area contributed by atoms with Gasteiger partial charge in [-0.3, -0.25) is 9.59 Å². The maximum atomic E-state index is 12.2. The van der Waals surface area contributed by atoms with Crippen molar-refractivity contribution in [3.63, 3.8) is 0 Å². The standard InChI is InChI=1S/C14H18O4/c1-5-11(14(16)18-4)13(15)10-6-7-12(17-3)9(2)8-10/h6-8,11H,5H2,1-4H3. The minimum absolute atomic E-state index is 0.213. The van der Waals surface area contributed by atoms with E-state index in [-0.39, 0.29) is 5.78 Å². The van der Waals surface area contributed by atoms with Gasteiger partial charge in [0.2, 0.25) is 0 Å². The Morgan fingerprint density at radius 3 is 2.39 bits per heavy atom. The topological polar surface area (TPSA) is 52.6 Å². The normalized spacial score (nSPS) is 11.8. The minimum atomic E-state index is -0.734. The van der Waals surface area contributed by atoms with Gasteiger partial charge in [0.05, 0.1) is 14.2 Å². The number of hydrogen-bond acceptors (Lipinski definition) is 4. The highest BCUT2D eigenvalue weighted by Crippen LogP contribution is 2.21. The van der Waals surface area contributed by atoms with E-state index < -0.39 is 11.9 Å². The Bertz CT molecular complexity index is 451. The van der Waals surface area contributed by atoms with Gasteiger partial charge >= 0.3 is 5.97 Å². The summed E-state index contributed by atoms with van der Waals surface area (Å²) in [7, 11) is 2.87. The molecule has 4 nitrogen and oxygen atoms in total. The number of hydrogen-bond donors (Lipinski definition) is 0. The second kappa shape index (κ2) is 6.19. The molecule has 0 amide bonds. The zero-order chi connectivity index (χ0) is 13.7. The Hall–Kier alpha value is -1.84. The molecule has 4 heteroatoms. The molecule has 0 fully saturated rings. The average molecular weight is 250 g/mol. The van der Waals surface area contributed by atoms with Crippen molar-refractivity contribution in [3.8, 4) is 5.75 Å². The number of aryl methyl sites for hydroxylation is 1. The molecule has 1 unspecified atom stereocenters. The second-order valence-electron chi connectivity index (χ2n) is 4.03. The summed E-state index contributed by atoms with van der Waals surface area (Å²) < 4.78 is 9.77. The van der Waals surface area contributed by atoms with Crippen molar-refractivity contribution in [2.75, 3.05) is 14.2 Å². The Morgan fingerprint density at radius 2 is 1.94 bits per heavy atom. The molecule has 0 saturated heterocycles. The molecular weight excluding hydrogens is 232 g/mol. The van der Waals surface area contributed by atoms with Gasteiger partial charge in [0, 0.05) is 5.56 Å². The van der Waals surface area contributed by atoms with Crippen LogP contribution in [0, 0.1) is 12.8 Å². The highest BCUT2D eigenvalue weighted by atomic mass is 16.5. The zero-order valence-corrected chi connectivity index (χ0v) is 11.1. The lowest BCUT2D eigenvalue weighted by atomic mass is 9.94. The van der Waals surface area contributed by atoms with Gasteiger partial charge in [-0.2, -0.15) is 0 Å². The fraction of sp³-hybridized carbons (Fsp3) is 0.429. The Kier molecular flexibility index (Phi) is 4.89. The summed E-state index contributed by atoms with van der Waals surface area (Å²) in [5.74, 6) is -0.716. The Morgan fingerprint density at radius 1 is 1.28 bits per heavy atom. The maximum Gasteiger partial charge on any atom is 0.316 e. The van der Waals surface area contributed by atoms with E-state index in [0.29, 0.717) is 12.0 Å². The van der Waals surface area contributed by atoms with E-state index in [9.17, 15) is 9.59 Å². The molecule has 0 heterocycles. The maximum absolute atomic E-state index is 12.2. The van der Waals surface area contributed by atoms with Crippen molar-refractivity contribution < 1.29 is 19.1 Å². The first-order chi connectivity index (χ1) is 8.54. The van der Waals surface area contributed by atoms with Gasteiger partial charge in [-0.05, 0) is 37.1 Å². The quantitative estimate of drug-likeness (QED) is 0.457. The number of carbonyl (C=O) groups excluding carboxylic acids is 2. The van der Waals surface area contributed by atoms with Crippen LogP contribution < -0.4 is 4.74 Å². The highest BCUT2D eigenvalue weighted by Gasteiger charge is 2.26. The molecule has 0 aliphatic heterocycles. The van der Waals surface area contributed by atoms with Crippen LogP contribution in [0.4, 0.5) is 0 Å². The van der Waals surface area contributed by atoms with Gasteiger partial charge in [-0.1, -0.05) is 6.92 Å². The van der Waals surface area contributed by atoms with Crippen LogP contribution in [0.15, 0.2) is 18.2 Å². The molecule has 0 radical (unpaired) electrons. The number of rotatable bonds is 5. The molecule has 18 heavy (non-hydrogen) atoms. The predicted molar refractivity (Wildman–Crippen MR) is 67.9 cm³/mol. The molecule has 1 rings (SSSR count). The van der Waals surface area contributed by atoms with E-state index in [1.54, 1.807) is 32.2 Å². The average Bonchev–Trinajstić information content (AvgIpc) is 2.38. The van der Waals surface area contributed by atoms with Crippen molar-refractivity contribution in [3.05, 3.63) is 29.3 Å². The third-order valence-electron chi connectivity index (χ3n) is 2.89. The largest absolute Gasteiger partial charge is 0.496 e. The smallest absolute Gasteiger partial charge is 0.316 e. The lowest BCUT2D eigenvalue weighted by molar-refractivity contribution is -0.143. The molecule has 1 aromatic rings. The lowest BCUT2D eigenvalue weighted by Gasteiger charge is -2.12. The number of methoxy groups -OCH3 is 2. The summed E-state index contributed by atoms with van der Waals surface area (Å²) in [6.45, 7) is 3.64. The summed E-state index contributed by atoms with van der Waals surface area (Å²) in [6, 6.07) is 5.12. The number of benzene rings is 1. The lowest BCUT2D eigenvalue weighted by Crippen LogP contribution is -2.24. The van der Waals surface area contributed by atoms with E-state index in [4.69, 9.17) is 4.74 Å². The fourth-order valence-electron chi connectivity index (χ4n) is 1.83. The van der Waals surface area contributed by atoms with Crippen molar-refractivity contribution >= 4 is 11.8 Å². The second-order valence-corrected chi connectivity index (χ2v) is 4.03. The van der Waals surface area contributed by atoms with Crippen LogP contribution in [-0.2, 0) is 9.53 Å². The molecule has 1 aromatic carbocycles. The first-order valence-corrected chi connectivity index (χ1v) is 5.81. The summed E-state index contributed by atoms with van der Waals surface area (Å²) in [5.41, 5.74) is 1.37. The third-order valence-corrected chi connectivity index (χ3v) is 2.89. The first-order valence-electron chi connectivity index (χ1n) is 5.81. The summed E-state index contributed by atoms with van der Waals surface area (Å²) in [6.07, 6.45) is 0.427. The van der Waals surface area contributed by atoms with Crippen LogP contribution in [-0.4, -0.2) is 26.0 Å². The van der Waals surface area contributed by atoms with Crippen molar-refractivity contribution in [2.24, 2.45) is 5.92 Å². The Balaban J connectivity index is 3.02. The minimum Gasteiger partial charge on any atom is -0.496 e. The van der Waals surface area contributed by atoms with Gasteiger partial charge in [0.25, 0.3) is 0 Å². The van der Waals surface area contributed by atoms with Crippen LogP contribution in [0.1, 0.15) is 29.3 Å². The molecule has 0 N–H and O–H groups in total. The molecular formula is C14H18O4. The van der Waals surface area contributed by atoms with Crippen LogP contribution in [0.25, 0.3) is 0 Å². The Labute approximate surface area is 107 Å². The number of ether oxygens (including phenoxy) is 2. The van der Waals surface area contributed by atoms with Gasteiger partial charge < -0.3 is 9.47 Å². The van der Waals surface area contributed by atoms with Gasteiger partial charge in [0.1, 0.15) is 11.7 Å². The van der Waals surface area contributed by atoms with Crippen LogP contribution in [0.3, 0.4) is 0 Å². The van der Waals surface area contributed by atoms with Crippen molar-refractivity contribution in [2.45, 2.75) is 20.3 Å². The molecule has 98 valence electrons. The summed E-state index contributed by atoms with van der Waals surface area (Å²) in [5, 5.41) is 0. The zero-order valence-electron chi connectivity index (χ0n) is 11.1. The predicted octanol–water partition coefficient (Wildman–Crippen LogP) is 2.39. The van der Waals surface area contributed by atoms with Crippen molar-refractivity contribution in [1.29, 1.82) is 0 Å². The SMILES string of the molecule is CCC(C(=O)OC)C(=O)c1ccc(OC)c(C)c1. The summed E-state index contributed by atoms with van der Waals surface area (Å²) >= 11 is 0. The molecule has 0 saturated carbocycles. The van der Waals surface area contributed by atoms with Gasteiger partial charge in [-0.25, -0.2) is 0 Å². The van der Waals surface area contributed by atoms with Crippen molar-refractivity contribution in [1.82, 2.24) is 0 Å². The van der Waals surface area contributed by atoms with Crippen LogP contribution >= 0.6 is 0 Å². The monoisotopic (exact) mass is 250 g/mol. The third kappa shape index (κ3) is 2.88. The summed E-state index contributed by atoms with van der Waals surface area (Å²) in [4.78, 5) is 23.7. The van der Waals surface area contributed by atoms with Gasteiger partial charge in [0.15, 0.2) is 5.78 Å². The number of ketones is 1. The number of Topliss-reactive ketones (excluding diaryl/α,β-unsaturated/α-hetero) is 1. The fourth-order valence-corrected chi connectivity index (χ4v) is 1.83. The number of esters is 1. The van der Waals surface area contributed by atoms with Crippen LogP contribution in [0.2, 0.25) is 0 Å². The highest BCUT2D eigenvalue weighted by molar-refractivity contribution is 6.08. The molecule has 0 spiro atoms. The molecule has 0 bridgehead atoms. The van der Waals surface area contributed by atoms with E-state index in [1.165, 1.54) is 7.11 Å². The molecule has 0 aromatic heterocycles. The molecule has 0 aliphatic carbocycles. The van der Waals surface area contributed by atoms with Crippen LogP contribution in [0.5, 0.6) is 5.75 Å². The number of carbonyl (C=O) groups is 2. The van der Waals surface area contributed by atoms with E-state index >= 15 is 0 Å². The van der Waals surface area contributed by atoms with Gasteiger partial charge in [-0.15, -0.1) is 0 Å². The van der Waals surface area contributed by atoms with E-state index in [1.807, 2.05) is 6.92 Å². The first kappa shape index (κ1) is 14.2. The van der Waals surface area contributed by atoms with E-state index in [0.717, 1.165) is 11.3 Å². The molecule has 1 atom stereocenters. The van der Waals surface area contributed by atoms with E-state index in [2.05, 4.69) is 4.74 Å².